The molecule has 0 saturated carbocycles. The number of nitrogens with zero attached hydrogens (tertiary/aromatic N) is 2. The van der Waals surface area contributed by atoms with Crippen LogP contribution in [0.1, 0.15) is 47.1 Å². The number of amides is 1. The van der Waals surface area contributed by atoms with Crippen molar-refractivity contribution in [3.63, 3.8) is 0 Å². The Hall–Kier alpha value is -2.83. The van der Waals surface area contributed by atoms with Gasteiger partial charge in [0.05, 0.1) is 16.6 Å². The summed E-state index contributed by atoms with van der Waals surface area (Å²) in [5.41, 5.74) is 1.93. The fraction of sp³-hybridized carbons (Fsp3) is 0.316. The molecule has 7 heteroatoms. The van der Waals surface area contributed by atoms with Gasteiger partial charge in [0, 0.05) is 17.8 Å². The Balaban J connectivity index is 1.82. The van der Waals surface area contributed by atoms with Crippen molar-refractivity contribution < 1.29 is 18.1 Å². The van der Waals surface area contributed by atoms with E-state index in [-0.39, 0.29) is 30.4 Å². The summed E-state index contributed by atoms with van der Waals surface area (Å²) in [6.45, 7) is 5.75. The highest BCUT2D eigenvalue weighted by Crippen LogP contribution is 2.25. The molecule has 0 unspecified atom stereocenters. The van der Waals surface area contributed by atoms with Crippen molar-refractivity contribution in [1.82, 2.24) is 15.5 Å². The minimum atomic E-state index is -0.623. The van der Waals surface area contributed by atoms with Crippen LogP contribution in [0, 0.1) is 18.6 Å². The number of hydrogen-bond donors (Lipinski definition) is 1. The van der Waals surface area contributed by atoms with E-state index in [1.54, 1.807) is 13.0 Å². The SMILES string of the molecule is Cc1noc2nc(C(C)C)cc(C(=O)NCCc3c(F)cccc3F)c12. The van der Waals surface area contributed by atoms with Gasteiger partial charge in [0.15, 0.2) is 0 Å². The largest absolute Gasteiger partial charge is 0.352 e. The molecule has 1 amide bonds. The molecule has 26 heavy (non-hydrogen) atoms. The quantitative estimate of drug-likeness (QED) is 0.750. The summed E-state index contributed by atoms with van der Waals surface area (Å²) in [6.07, 6.45) is 0.0537. The molecule has 136 valence electrons. The maximum Gasteiger partial charge on any atom is 0.259 e. The molecule has 2 heterocycles. The summed E-state index contributed by atoms with van der Waals surface area (Å²) in [4.78, 5) is 17.0. The first kappa shape index (κ1) is 18.0. The second kappa shape index (κ2) is 7.19. The molecule has 3 aromatic rings. The van der Waals surface area contributed by atoms with Gasteiger partial charge in [0.25, 0.3) is 11.6 Å². The number of carbonyl (C=O) groups is 1. The van der Waals surface area contributed by atoms with Crippen LogP contribution in [-0.4, -0.2) is 22.6 Å². The Kier molecular flexibility index (Phi) is 4.97. The lowest BCUT2D eigenvalue weighted by atomic mass is 10.0. The molecule has 0 bridgehead atoms. The van der Waals surface area contributed by atoms with E-state index < -0.39 is 11.6 Å². The normalized spacial score (nSPS) is 11.3. The van der Waals surface area contributed by atoms with Crippen LogP contribution in [0.2, 0.25) is 0 Å². The lowest BCUT2D eigenvalue weighted by molar-refractivity contribution is 0.0955. The number of nitrogens with one attached hydrogen (secondary N) is 1. The first-order valence-corrected chi connectivity index (χ1v) is 8.36. The van der Waals surface area contributed by atoms with Crippen LogP contribution in [0.25, 0.3) is 11.1 Å². The van der Waals surface area contributed by atoms with Gasteiger partial charge in [-0.15, -0.1) is 0 Å². The van der Waals surface area contributed by atoms with Gasteiger partial charge in [-0.1, -0.05) is 25.1 Å². The molecule has 0 fully saturated rings. The molecular weight excluding hydrogens is 340 g/mol. The number of halogens is 2. The molecule has 0 atom stereocenters. The zero-order valence-corrected chi connectivity index (χ0v) is 14.8. The molecule has 1 aromatic carbocycles. The van der Waals surface area contributed by atoms with Crippen LogP contribution in [0.3, 0.4) is 0 Å². The Morgan fingerprint density at radius 3 is 2.62 bits per heavy atom. The van der Waals surface area contributed by atoms with Crippen molar-refractivity contribution in [3.05, 3.63) is 58.4 Å². The summed E-state index contributed by atoms with van der Waals surface area (Å²) in [5.74, 6) is -1.50. The average Bonchev–Trinajstić information content (AvgIpc) is 2.97. The van der Waals surface area contributed by atoms with E-state index in [1.165, 1.54) is 18.2 Å². The van der Waals surface area contributed by atoms with Crippen LogP contribution in [0.5, 0.6) is 0 Å². The van der Waals surface area contributed by atoms with Gasteiger partial charge in [-0.05, 0) is 37.5 Å². The van der Waals surface area contributed by atoms with Crippen molar-refractivity contribution in [1.29, 1.82) is 0 Å². The number of carbonyl (C=O) groups excluding carboxylic acids is 1. The molecular formula is C19H19F2N3O2. The van der Waals surface area contributed by atoms with Crippen LogP contribution in [0.15, 0.2) is 28.8 Å². The number of aryl methyl sites for hydroxylation is 1. The first-order chi connectivity index (χ1) is 12.4. The third kappa shape index (κ3) is 3.42. The molecule has 0 aliphatic rings. The molecule has 0 aliphatic carbocycles. The van der Waals surface area contributed by atoms with Gasteiger partial charge in [0.1, 0.15) is 11.6 Å². The van der Waals surface area contributed by atoms with Crippen molar-refractivity contribution in [3.8, 4) is 0 Å². The van der Waals surface area contributed by atoms with E-state index in [0.29, 0.717) is 28.1 Å². The van der Waals surface area contributed by atoms with Crippen LogP contribution in [-0.2, 0) is 6.42 Å². The molecule has 3 rings (SSSR count). The lowest BCUT2D eigenvalue weighted by Gasteiger charge is -2.10. The number of aromatic nitrogens is 2. The van der Waals surface area contributed by atoms with E-state index in [4.69, 9.17) is 4.52 Å². The highest BCUT2D eigenvalue weighted by Gasteiger charge is 2.19. The van der Waals surface area contributed by atoms with Crippen molar-refractivity contribution >= 4 is 17.0 Å². The molecule has 2 aromatic heterocycles. The average molecular weight is 359 g/mol. The zero-order valence-electron chi connectivity index (χ0n) is 14.8. The molecule has 0 radical (unpaired) electrons. The lowest BCUT2D eigenvalue weighted by Crippen LogP contribution is -2.26. The van der Waals surface area contributed by atoms with Gasteiger partial charge in [-0.25, -0.2) is 13.8 Å². The first-order valence-electron chi connectivity index (χ1n) is 8.36. The number of pyridine rings is 1. The van der Waals surface area contributed by atoms with E-state index in [0.717, 1.165) is 0 Å². The van der Waals surface area contributed by atoms with Crippen LogP contribution >= 0.6 is 0 Å². The fourth-order valence-electron chi connectivity index (χ4n) is 2.76. The smallest absolute Gasteiger partial charge is 0.259 e. The van der Waals surface area contributed by atoms with Gasteiger partial charge in [-0.3, -0.25) is 4.79 Å². The van der Waals surface area contributed by atoms with Gasteiger partial charge >= 0.3 is 0 Å². The number of benzene rings is 1. The van der Waals surface area contributed by atoms with Crippen LogP contribution < -0.4 is 5.32 Å². The topological polar surface area (TPSA) is 68.0 Å². The Labute approximate surface area is 149 Å². The Morgan fingerprint density at radius 1 is 1.27 bits per heavy atom. The highest BCUT2D eigenvalue weighted by molar-refractivity contribution is 6.06. The predicted octanol–water partition coefficient (Wildman–Crippen LogP) is 3.91. The van der Waals surface area contributed by atoms with Gasteiger partial charge in [0.2, 0.25) is 0 Å². The maximum absolute atomic E-state index is 13.7. The molecule has 0 spiro atoms. The predicted molar refractivity (Wildman–Crippen MR) is 93.0 cm³/mol. The summed E-state index contributed by atoms with van der Waals surface area (Å²) in [6, 6.07) is 5.41. The minimum Gasteiger partial charge on any atom is -0.352 e. The number of rotatable bonds is 5. The fourth-order valence-corrected chi connectivity index (χ4v) is 2.76. The van der Waals surface area contributed by atoms with E-state index in [1.807, 2.05) is 13.8 Å². The summed E-state index contributed by atoms with van der Waals surface area (Å²) in [7, 11) is 0. The second-order valence-corrected chi connectivity index (χ2v) is 6.40. The third-order valence-corrected chi connectivity index (χ3v) is 4.20. The van der Waals surface area contributed by atoms with Crippen molar-refractivity contribution in [2.75, 3.05) is 6.54 Å². The number of hydrogen-bond acceptors (Lipinski definition) is 4. The van der Waals surface area contributed by atoms with Crippen molar-refractivity contribution in [2.24, 2.45) is 0 Å². The second-order valence-electron chi connectivity index (χ2n) is 6.40. The monoisotopic (exact) mass is 359 g/mol. The maximum atomic E-state index is 13.7. The van der Waals surface area contributed by atoms with E-state index >= 15 is 0 Å². The number of fused-ring (bicyclic) bond motifs is 1. The minimum absolute atomic E-state index is 0.0447. The zero-order chi connectivity index (χ0) is 18.8. The molecule has 0 aliphatic heterocycles. The summed E-state index contributed by atoms with van der Waals surface area (Å²) >= 11 is 0. The van der Waals surface area contributed by atoms with Crippen molar-refractivity contribution in [2.45, 2.75) is 33.1 Å². The molecule has 5 nitrogen and oxygen atoms in total. The Bertz CT molecular complexity index is 947. The highest BCUT2D eigenvalue weighted by atomic mass is 19.1. The van der Waals surface area contributed by atoms with E-state index in [9.17, 15) is 13.6 Å². The Morgan fingerprint density at radius 2 is 1.96 bits per heavy atom. The van der Waals surface area contributed by atoms with Crippen LogP contribution in [0.4, 0.5) is 8.78 Å². The van der Waals surface area contributed by atoms with E-state index in [2.05, 4.69) is 15.5 Å². The van der Waals surface area contributed by atoms with Gasteiger partial charge in [-0.2, -0.15) is 0 Å². The standard InChI is InChI=1S/C19H19F2N3O2/c1-10(2)16-9-13(17-11(3)24-26-19(17)23-16)18(25)22-8-7-12-14(20)5-4-6-15(12)21/h4-6,9-10H,7-8H2,1-3H3,(H,22,25). The summed E-state index contributed by atoms with van der Waals surface area (Å²) < 4.78 is 32.6. The molecule has 0 saturated heterocycles. The summed E-state index contributed by atoms with van der Waals surface area (Å²) in [5, 5.41) is 7.13. The van der Waals surface area contributed by atoms with Gasteiger partial charge < -0.3 is 9.84 Å². The third-order valence-electron chi connectivity index (χ3n) is 4.20. The molecule has 1 N–H and O–H groups in total.